The molecule has 1 atom stereocenters. The van der Waals surface area contributed by atoms with Gasteiger partial charge in [0.05, 0.1) is 6.42 Å². The third kappa shape index (κ3) is 5.29. The molecule has 1 amide bonds. The highest BCUT2D eigenvalue weighted by atomic mass is 32.2. The second kappa shape index (κ2) is 5.95. The minimum absolute atomic E-state index is 0.0203. The summed E-state index contributed by atoms with van der Waals surface area (Å²) in [6, 6.07) is 0. The summed E-state index contributed by atoms with van der Waals surface area (Å²) in [5.74, 6) is 0.262. The number of rotatable bonds is 6. The van der Waals surface area contributed by atoms with Crippen molar-refractivity contribution >= 4 is 23.6 Å². The molecule has 1 aliphatic rings. The molecule has 0 saturated carbocycles. The van der Waals surface area contributed by atoms with Crippen LogP contribution in [0.3, 0.4) is 0 Å². The Morgan fingerprint density at radius 2 is 2.06 bits per heavy atom. The first kappa shape index (κ1) is 15.3. The predicted octanol–water partition coefficient (Wildman–Crippen LogP) is 2.28. The van der Waals surface area contributed by atoms with Crippen molar-refractivity contribution in [1.82, 2.24) is 5.32 Å². The van der Waals surface area contributed by atoms with Gasteiger partial charge in [-0.3, -0.25) is 9.59 Å². The Bertz CT molecular complexity index is 322. The molecule has 1 rings (SSSR count). The fraction of sp³-hybridized carbons (Fsp3) is 0.846. The molecule has 0 aromatic carbocycles. The van der Waals surface area contributed by atoms with Gasteiger partial charge in [0.2, 0.25) is 5.91 Å². The lowest BCUT2D eigenvalue weighted by Gasteiger charge is -2.25. The number of thioether (sulfide) groups is 1. The van der Waals surface area contributed by atoms with Crippen molar-refractivity contribution in [2.24, 2.45) is 5.41 Å². The Kier molecular flexibility index (Phi) is 5.08. The third-order valence-electron chi connectivity index (χ3n) is 3.23. The number of aliphatic carboxylic acids is 1. The minimum atomic E-state index is -0.855. The van der Waals surface area contributed by atoms with E-state index in [-0.39, 0.29) is 23.5 Å². The lowest BCUT2D eigenvalue weighted by atomic mass is 9.85. The van der Waals surface area contributed by atoms with Gasteiger partial charge in [0, 0.05) is 17.7 Å². The quantitative estimate of drug-likeness (QED) is 0.779. The lowest BCUT2D eigenvalue weighted by Crippen LogP contribution is -2.38. The Morgan fingerprint density at radius 1 is 1.39 bits per heavy atom. The maximum absolute atomic E-state index is 11.8. The zero-order chi connectivity index (χ0) is 13.8. The normalized spacial score (nSPS) is 23.9. The highest BCUT2D eigenvalue weighted by Crippen LogP contribution is 2.37. The van der Waals surface area contributed by atoms with E-state index in [1.165, 1.54) is 6.42 Å². The van der Waals surface area contributed by atoms with Gasteiger partial charge in [-0.25, -0.2) is 0 Å². The second-order valence-corrected chi connectivity index (χ2v) is 7.77. The van der Waals surface area contributed by atoms with Crippen molar-refractivity contribution in [3.63, 3.8) is 0 Å². The second-order valence-electron chi connectivity index (χ2n) is 6.09. The monoisotopic (exact) mass is 273 g/mol. The number of carbonyl (C=O) groups is 2. The highest BCUT2D eigenvalue weighted by Gasteiger charge is 2.31. The van der Waals surface area contributed by atoms with Crippen LogP contribution in [0.15, 0.2) is 0 Å². The smallest absolute Gasteiger partial charge is 0.303 e. The lowest BCUT2D eigenvalue weighted by molar-refractivity contribution is -0.139. The van der Waals surface area contributed by atoms with Gasteiger partial charge in [0.15, 0.2) is 0 Å². The van der Waals surface area contributed by atoms with Crippen molar-refractivity contribution in [1.29, 1.82) is 0 Å². The summed E-state index contributed by atoms with van der Waals surface area (Å²) in [5.41, 5.74) is -0.486. The molecule has 5 heteroatoms. The molecule has 4 nitrogen and oxygen atoms in total. The zero-order valence-corrected chi connectivity index (χ0v) is 12.2. The molecule has 0 spiro atoms. The number of nitrogens with one attached hydrogen (secondary N) is 1. The molecule has 1 fully saturated rings. The molecule has 1 saturated heterocycles. The molecular formula is C13H23NO3S. The summed E-state index contributed by atoms with van der Waals surface area (Å²) in [7, 11) is 0. The van der Waals surface area contributed by atoms with Crippen LogP contribution >= 0.6 is 11.8 Å². The molecule has 0 bridgehead atoms. The van der Waals surface area contributed by atoms with Crippen molar-refractivity contribution in [2.75, 3.05) is 12.3 Å². The van der Waals surface area contributed by atoms with Crippen LogP contribution in [-0.2, 0) is 9.59 Å². The van der Waals surface area contributed by atoms with Crippen LogP contribution in [-0.4, -0.2) is 34.0 Å². The fourth-order valence-electron chi connectivity index (χ4n) is 2.23. The molecule has 2 N–H and O–H groups in total. The number of carbonyl (C=O) groups excluding carboxylic acids is 1. The number of carboxylic acid groups (broad SMARTS) is 1. The maximum Gasteiger partial charge on any atom is 0.303 e. The first-order valence-corrected chi connectivity index (χ1v) is 7.34. The van der Waals surface area contributed by atoms with Crippen LogP contribution in [0.2, 0.25) is 0 Å². The molecule has 0 radical (unpaired) electrons. The van der Waals surface area contributed by atoms with Crippen LogP contribution in [0.25, 0.3) is 0 Å². The Labute approximate surface area is 113 Å². The molecule has 0 aromatic heterocycles. The molecule has 0 aromatic rings. The van der Waals surface area contributed by atoms with Crippen LogP contribution in [0.5, 0.6) is 0 Å². The topological polar surface area (TPSA) is 66.4 Å². The average molecular weight is 273 g/mol. The van der Waals surface area contributed by atoms with E-state index in [9.17, 15) is 9.59 Å². The highest BCUT2D eigenvalue weighted by molar-refractivity contribution is 8.00. The zero-order valence-electron chi connectivity index (χ0n) is 11.4. The molecule has 1 heterocycles. The molecule has 104 valence electrons. The average Bonchev–Trinajstić information content (AvgIpc) is 2.60. The van der Waals surface area contributed by atoms with Crippen molar-refractivity contribution in [3.05, 3.63) is 0 Å². The van der Waals surface area contributed by atoms with Gasteiger partial charge in [-0.15, -0.1) is 0 Å². The summed E-state index contributed by atoms with van der Waals surface area (Å²) in [5, 5.41) is 11.7. The van der Waals surface area contributed by atoms with Gasteiger partial charge >= 0.3 is 5.97 Å². The van der Waals surface area contributed by atoms with Crippen LogP contribution in [0.4, 0.5) is 0 Å². The largest absolute Gasteiger partial charge is 0.481 e. The van der Waals surface area contributed by atoms with E-state index in [2.05, 4.69) is 12.2 Å². The van der Waals surface area contributed by atoms with E-state index in [4.69, 9.17) is 5.11 Å². The molecule has 1 aliphatic heterocycles. The van der Waals surface area contributed by atoms with Gasteiger partial charge in [-0.1, -0.05) is 13.8 Å². The molecule has 18 heavy (non-hydrogen) atoms. The van der Waals surface area contributed by atoms with Crippen molar-refractivity contribution < 1.29 is 14.7 Å². The number of carboxylic acids is 1. The van der Waals surface area contributed by atoms with Crippen molar-refractivity contribution in [3.8, 4) is 0 Å². The molecule has 1 unspecified atom stereocenters. The Hall–Kier alpha value is -0.710. The summed E-state index contributed by atoms with van der Waals surface area (Å²) in [4.78, 5) is 22.5. The summed E-state index contributed by atoms with van der Waals surface area (Å²) in [6.07, 6.45) is 2.63. The number of amides is 1. The maximum atomic E-state index is 11.8. The Morgan fingerprint density at radius 3 is 2.56 bits per heavy atom. The van der Waals surface area contributed by atoms with Gasteiger partial charge < -0.3 is 10.4 Å². The fourth-order valence-corrected chi connectivity index (χ4v) is 3.48. The van der Waals surface area contributed by atoms with Gasteiger partial charge in [0.25, 0.3) is 0 Å². The minimum Gasteiger partial charge on any atom is -0.481 e. The predicted molar refractivity (Wildman–Crippen MR) is 73.8 cm³/mol. The SMILES string of the molecule is CC(C)(CC(=O)O)CC(=O)NCC1(C)CCCS1. The Balaban J connectivity index is 2.35. The number of hydrogen-bond donors (Lipinski definition) is 2. The van der Waals surface area contributed by atoms with E-state index >= 15 is 0 Å². The van der Waals surface area contributed by atoms with Crippen LogP contribution < -0.4 is 5.32 Å². The molecule has 0 aliphatic carbocycles. The third-order valence-corrected chi connectivity index (χ3v) is 4.77. The van der Waals surface area contributed by atoms with Gasteiger partial charge in [0.1, 0.15) is 0 Å². The summed E-state index contributed by atoms with van der Waals surface area (Å²) < 4.78 is 0.159. The van der Waals surface area contributed by atoms with E-state index < -0.39 is 11.4 Å². The number of hydrogen-bond acceptors (Lipinski definition) is 3. The van der Waals surface area contributed by atoms with Crippen molar-refractivity contribution in [2.45, 2.75) is 51.2 Å². The first-order chi connectivity index (χ1) is 8.22. The van der Waals surface area contributed by atoms with E-state index in [1.54, 1.807) is 0 Å². The van der Waals surface area contributed by atoms with Gasteiger partial charge in [-0.2, -0.15) is 11.8 Å². The van der Waals surface area contributed by atoms with Crippen LogP contribution in [0, 0.1) is 5.41 Å². The summed E-state index contributed by atoms with van der Waals surface area (Å²) in [6.45, 7) is 6.48. The first-order valence-electron chi connectivity index (χ1n) is 6.35. The van der Waals surface area contributed by atoms with Crippen LogP contribution in [0.1, 0.15) is 46.5 Å². The summed E-state index contributed by atoms with van der Waals surface area (Å²) >= 11 is 1.91. The van der Waals surface area contributed by atoms with E-state index in [1.807, 2.05) is 25.6 Å². The van der Waals surface area contributed by atoms with E-state index in [0.29, 0.717) is 6.54 Å². The standard InChI is InChI=1S/C13H23NO3S/c1-12(2,8-11(16)17)7-10(15)14-9-13(3)5-4-6-18-13/h4-9H2,1-3H3,(H,14,15)(H,16,17). The van der Waals surface area contributed by atoms with E-state index in [0.717, 1.165) is 12.2 Å². The van der Waals surface area contributed by atoms with Gasteiger partial charge in [-0.05, 0) is 30.9 Å². The molecular weight excluding hydrogens is 250 g/mol.